The van der Waals surface area contributed by atoms with Gasteiger partial charge in [-0.25, -0.2) is 9.18 Å². The fraction of sp³-hybridized carbons (Fsp3) is 0.462. The summed E-state index contributed by atoms with van der Waals surface area (Å²) in [6, 6.07) is 4.62. The van der Waals surface area contributed by atoms with Crippen LogP contribution in [0.2, 0.25) is 5.02 Å². The molecule has 0 saturated carbocycles. The molecule has 0 saturated heterocycles. The lowest BCUT2D eigenvalue weighted by molar-refractivity contribution is -0.144. The van der Waals surface area contributed by atoms with E-state index in [9.17, 15) is 19.1 Å². The Balaban J connectivity index is 2.16. The number of ether oxygens (including phenoxy) is 4. The van der Waals surface area contributed by atoms with Gasteiger partial charge in [0.1, 0.15) is 30.3 Å². The summed E-state index contributed by atoms with van der Waals surface area (Å²) in [6.45, 7) is 7.30. The summed E-state index contributed by atoms with van der Waals surface area (Å²) < 4.78 is 36.0. The Morgan fingerprint density at radius 3 is 2.60 bits per heavy atom. The Labute approximate surface area is 209 Å². The fourth-order valence-corrected chi connectivity index (χ4v) is 3.85. The molecule has 1 atom stereocenters. The zero-order valence-electron chi connectivity index (χ0n) is 20.7. The summed E-state index contributed by atoms with van der Waals surface area (Å²) in [7, 11) is 1.38. The van der Waals surface area contributed by atoms with Crippen molar-refractivity contribution in [2.24, 2.45) is 11.3 Å². The van der Waals surface area contributed by atoms with Gasteiger partial charge in [-0.15, -0.1) is 0 Å². The van der Waals surface area contributed by atoms with E-state index < -0.39 is 30.1 Å². The molecular formula is C26H30ClFO7. The quantitative estimate of drug-likeness (QED) is 0.357. The highest BCUT2D eigenvalue weighted by Crippen LogP contribution is 2.47. The molecule has 0 aliphatic carbocycles. The van der Waals surface area contributed by atoms with Gasteiger partial charge < -0.3 is 24.1 Å². The Kier molecular flexibility index (Phi) is 7.97. The van der Waals surface area contributed by atoms with Crippen LogP contribution in [0, 0.1) is 18.3 Å². The topological polar surface area (TPSA) is 91.3 Å². The first-order chi connectivity index (χ1) is 16.4. The number of carbonyl (C=O) groups is 2. The lowest BCUT2D eigenvalue weighted by Crippen LogP contribution is -2.31. The third-order valence-electron chi connectivity index (χ3n) is 5.72. The second-order valence-electron chi connectivity index (χ2n) is 9.61. The molecule has 1 heterocycles. The highest BCUT2D eigenvalue weighted by Gasteiger charge is 2.34. The average molecular weight is 509 g/mol. The summed E-state index contributed by atoms with van der Waals surface area (Å²) in [4.78, 5) is 25.7. The van der Waals surface area contributed by atoms with Crippen molar-refractivity contribution in [3.05, 3.63) is 45.5 Å². The van der Waals surface area contributed by atoms with E-state index in [2.05, 4.69) is 0 Å². The largest absolute Gasteiger partial charge is 0.495 e. The zero-order chi connectivity index (χ0) is 26.1. The molecule has 0 fully saturated rings. The van der Waals surface area contributed by atoms with Crippen LogP contribution < -0.4 is 14.2 Å². The number of esters is 2. The van der Waals surface area contributed by atoms with Gasteiger partial charge in [0, 0.05) is 5.56 Å². The maximum absolute atomic E-state index is 13.4. The Hall–Kier alpha value is -2.84. The van der Waals surface area contributed by atoms with Gasteiger partial charge in [0.15, 0.2) is 11.5 Å². The van der Waals surface area contributed by atoms with Crippen LogP contribution in [0.1, 0.15) is 67.3 Å². The third kappa shape index (κ3) is 5.38. The number of aryl methyl sites for hydroxylation is 1. The predicted molar refractivity (Wildman–Crippen MR) is 128 cm³/mol. The molecule has 9 heteroatoms. The highest BCUT2D eigenvalue weighted by molar-refractivity contribution is 6.32. The SMILES string of the molecule is COc1c([C@@H](O)CC(C)C)ccc2c1C(=O)OCc1c(Cl)c(C)cc(OC(=O)C(C)(C)CF)c1O2. The van der Waals surface area contributed by atoms with Crippen molar-refractivity contribution in [3.8, 4) is 23.0 Å². The minimum Gasteiger partial charge on any atom is -0.495 e. The molecule has 35 heavy (non-hydrogen) atoms. The second-order valence-corrected chi connectivity index (χ2v) is 9.98. The van der Waals surface area contributed by atoms with Crippen LogP contribution in [0.4, 0.5) is 4.39 Å². The van der Waals surface area contributed by atoms with Gasteiger partial charge in [0.05, 0.1) is 29.2 Å². The van der Waals surface area contributed by atoms with Crippen LogP contribution in [0.25, 0.3) is 0 Å². The molecule has 0 unspecified atom stereocenters. The van der Waals surface area contributed by atoms with E-state index in [1.54, 1.807) is 13.0 Å². The van der Waals surface area contributed by atoms with Gasteiger partial charge >= 0.3 is 11.9 Å². The minimum absolute atomic E-state index is 0.0141. The summed E-state index contributed by atoms with van der Waals surface area (Å²) in [5.41, 5.74) is -0.126. The number of halogens is 2. The van der Waals surface area contributed by atoms with Gasteiger partial charge in [0.2, 0.25) is 0 Å². The van der Waals surface area contributed by atoms with Crippen LogP contribution in [-0.4, -0.2) is 30.8 Å². The average Bonchev–Trinajstić information content (AvgIpc) is 2.79. The molecule has 0 amide bonds. The summed E-state index contributed by atoms with van der Waals surface area (Å²) >= 11 is 6.48. The maximum atomic E-state index is 13.4. The molecule has 3 rings (SSSR count). The van der Waals surface area contributed by atoms with E-state index in [0.29, 0.717) is 23.1 Å². The molecular weight excluding hydrogens is 479 g/mol. The van der Waals surface area contributed by atoms with Gasteiger partial charge in [-0.3, -0.25) is 4.79 Å². The number of aliphatic hydroxyl groups is 1. The smallest absolute Gasteiger partial charge is 0.346 e. The molecule has 2 aromatic rings. The Morgan fingerprint density at radius 2 is 2.00 bits per heavy atom. The number of hydrogen-bond donors (Lipinski definition) is 1. The molecule has 0 spiro atoms. The van der Waals surface area contributed by atoms with E-state index in [1.165, 1.54) is 33.1 Å². The van der Waals surface area contributed by atoms with Gasteiger partial charge in [-0.05, 0) is 56.9 Å². The van der Waals surface area contributed by atoms with Crippen LogP contribution in [-0.2, 0) is 16.1 Å². The lowest BCUT2D eigenvalue weighted by atomic mass is 9.96. The molecule has 1 aliphatic rings. The number of aliphatic hydroxyl groups excluding tert-OH is 1. The van der Waals surface area contributed by atoms with Gasteiger partial charge in [-0.2, -0.15) is 0 Å². The van der Waals surface area contributed by atoms with Gasteiger partial charge in [-0.1, -0.05) is 25.4 Å². The number of cyclic esters (lactones) is 1. The van der Waals surface area contributed by atoms with Crippen molar-refractivity contribution in [2.45, 2.75) is 53.8 Å². The lowest BCUT2D eigenvalue weighted by Gasteiger charge is -2.26. The van der Waals surface area contributed by atoms with Gasteiger partial charge in [0.25, 0.3) is 0 Å². The second kappa shape index (κ2) is 10.4. The maximum Gasteiger partial charge on any atom is 0.346 e. The summed E-state index contributed by atoms with van der Waals surface area (Å²) in [6.07, 6.45) is -0.426. The van der Waals surface area contributed by atoms with E-state index in [0.717, 1.165) is 0 Å². The zero-order valence-corrected chi connectivity index (χ0v) is 21.4. The summed E-state index contributed by atoms with van der Waals surface area (Å²) in [5, 5.41) is 11.0. The van der Waals surface area contributed by atoms with Crippen LogP contribution >= 0.6 is 11.6 Å². The molecule has 1 aliphatic heterocycles. The van der Waals surface area contributed by atoms with Crippen molar-refractivity contribution in [3.63, 3.8) is 0 Å². The summed E-state index contributed by atoms with van der Waals surface area (Å²) in [5.74, 6) is -1.06. The molecule has 190 valence electrons. The number of methoxy groups -OCH3 is 1. The minimum atomic E-state index is -1.38. The normalized spacial score (nSPS) is 14.2. The Bertz CT molecular complexity index is 1140. The third-order valence-corrected chi connectivity index (χ3v) is 6.24. The molecule has 0 bridgehead atoms. The van der Waals surface area contributed by atoms with E-state index in [-0.39, 0.29) is 46.1 Å². The van der Waals surface area contributed by atoms with E-state index in [1.807, 2.05) is 13.8 Å². The first-order valence-electron chi connectivity index (χ1n) is 11.2. The molecule has 0 radical (unpaired) electrons. The van der Waals surface area contributed by atoms with Crippen molar-refractivity contribution in [1.82, 2.24) is 0 Å². The Morgan fingerprint density at radius 1 is 1.31 bits per heavy atom. The standard InChI is InChI=1S/C26H30ClFO7/c1-13(2)9-17(29)15-7-8-18-20(23(15)32-6)24(30)33-11-16-21(27)14(3)10-19(22(16)34-18)35-25(31)26(4,5)12-28/h7-8,10,13,17,29H,9,11-12H2,1-6H3/t17-/m0/s1. The van der Waals surface area contributed by atoms with Crippen LogP contribution in [0.15, 0.2) is 18.2 Å². The number of benzene rings is 2. The van der Waals surface area contributed by atoms with Crippen molar-refractivity contribution < 1.29 is 38.0 Å². The van der Waals surface area contributed by atoms with Crippen LogP contribution in [0.5, 0.6) is 23.0 Å². The number of carbonyl (C=O) groups excluding carboxylic acids is 2. The number of rotatable bonds is 7. The van der Waals surface area contributed by atoms with E-state index >= 15 is 0 Å². The first-order valence-corrected chi connectivity index (χ1v) is 11.6. The van der Waals surface area contributed by atoms with Crippen LogP contribution in [0.3, 0.4) is 0 Å². The van der Waals surface area contributed by atoms with Crippen molar-refractivity contribution in [2.75, 3.05) is 13.8 Å². The van der Waals surface area contributed by atoms with Crippen molar-refractivity contribution in [1.29, 1.82) is 0 Å². The number of hydrogen-bond acceptors (Lipinski definition) is 7. The fourth-order valence-electron chi connectivity index (χ4n) is 3.66. The molecule has 2 aromatic carbocycles. The highest BCUT2D eigenvalue weighted by atomic mass is 35.5. The first kappa shape index (κ1) is 26.8. The number of fused-ring (bicyclic) bond motifs is 2. The predicted octanol–water partition coefficient (Wildman–Crippen LogP) is 6.10. The van der Waals surface area contributed by atoms with E-state index in [4.69, 9.17) is 30.5 Å². The van der Waals surface area contributed by atoms with Crippen molar-refractivity contribution >= 4 is 23.5 Å². The monoisotopic (exact) mass is 508 g/mol. The molecule has 7 nitrogen and oxygen atoms in total. The number of alkyl halides is 1. The molecule has 0 aromatic heterocycles. The molecule has 1 N–H and O–H groups in total.